The first-order valence-electron chi connectivity index (χ1n) is 8.33. The first-order valence-corrected chi connectivity index (χ1v) is 8.33. The number of rotatable bonds is 3. The van der Waals surface area contributed by atoms with Gasteiger partial charge in [0.15, 0.2) is 5.65 Å². The number of fused-ring (bicyclic) bond motifs is 1. The molecule has 3 aromatic rings. The number of aromatic nitrogens is 5. The minimum atomic E-state index is -0.391. The zero-order chi connectivity index (χ0) is 17.3. The van der Waals surface area contributed by atoms with Gasteiger partial charge in [0.1, 0.15) is 0 Å². The lowest BCUT2D eigenvalue weighted by Crippen LogP contribution is -2.40. The van der Waals surface area contributed by atoms with Gasteiger partial charge >= 0.3 is 0 Å². The van der Waals surface area contributed by atoms with Crippen molar-refractivity contribution < 1.29 is 0 Å². The highest BCUT2D eigenvalue weighted by atomic mass is 15.3. The van der Waals surface area contributed by atoms with Crippen LogP contribution in [-0.2, 0) is 5.54 Å². The van der Waals surface area contributed by atoms with Gasteiger partial charge in [-0.2, -0.15) is 15.5 Å². The van der Waals surface area contributed by atoms with E-state index in [-0.39, 0.29) is 6.04 Å². The summed E-state index contributed by atoms with van der Waals surface area (Å²) in [4.78, 5) is 6.79. The molecule has 1 fully saturated rings. The molecule has 3 aromatic heterocycles. The predicted molar refractivity (Wildman–Crippen MR) is 92.2 cm³/mol. The summed E-state index contributed by atoms with van der Waals surface area (Å²) in [5, 5.41) is 23.0. The zero-order valence-electron chi connectivity index (χ0n) is 13.7. The van der Waals surface area contributed by atoms with E-state index in [1.807, 2.05) is 29.3 Å². The molecule has 4 rings (SSSR count). The Balaban J connectivity index is 1.76. The van der Waals surface area contributed by atoms with Crippen molar-refractivity contribution in [1.82, 2.24) is 25.0 Å². The van der Waals surface area contributed by atoms with Gasteiger partial charge in [-0.05, 0) is 18.9 Å². The Hall–Kier alpha value is -3.19. The van der Waals surface area contributed by atoms with Gasteiger partial charge in [0.05, 0.1) is 30.4 Å². The predicted octanol–water partition coefficient (Wildman–Crippen LogP) is 3.29. The molecular weight excluding hydrogens is 314 g/mol. The van der Waals surface area contributed by atoms with Crippen molar-refractivity contribution >= 4 is 11.0 Å². The first-order chi connectivity index (χ1) is 12.3. The van der Waals surface area contributed by atoms with E-state index in [4.69, 9.17) is 6.57 Å². The molecule has 0 radical (unpaired) electrons. The van der Waals surface area contributed by atoms with Crippen LogP contribution in [0.3, 0.4) is 0 Å². The highest BCUT2D eigenvalue weighted by Gasteiger charge is 2.41. The largest absolute Gasteiger partial charge is 0.345 e. The summed E-state index contributed by atoms with van der Waals surface area (Å²) < 4.78 is 1.90. The van der Waals surface area contributed by atoms with Crippen LogP contribution < -0.4 is 0 Å². The topological polar surface area (TPSA) is 87.5 Å². The van der Waals surface area contributed by atoms with Crippen LogP contribution in [0, 0.1) is 17.9 Å². The first kappa shape index (κ1) is 15.3. The van der Waals surface area contributed by atoms with Crippen LogP contribution in [-0.4, -0.2) is 31.0 Å². The zero-order valence-corrected chi connectivity index (χ0v) is 13.7. The van der Waals surface area contributed by atoms with Gasteiger partial charge in [0.2, 0.25) is 6.04 Å². The maximum Gasteiger partial charge on any atom is 0.226 e. The Morgan fingerprint density at radius 1 is 1.48 bits per heavy atom. The second kappa shape index (κ2) is 6.03. The number of nitriles is 1. The Bertz CT molecular complexity index is 987. The molecule has 7 heteroatoms. The summed E-state index contributed by atoms with van der Waals surface area (Å²) in [6, 6.07) is 4.24. The molecule has 25 heavy (non-hydrogen) atoms. The van der Waals surface area contributed by atoms with Crippen LogP contribution in [0.2, 0.25) is 0 Å². The van der Waals surface area contributed by atoms with E-state index in [1.165, 1.54) is 0 Å². The number of nitrogens with zero attached hydrogens (tertiary/aromatic N) is 6. The van der Waals surface area contributed by atoms with Crippen molar-refractivity contribution in [1.29, 1.82) is 5.26 Å². The fraction of sp³-hybridized carbons (Fsp3) is 0.389. The molecule has 0 bridgehead atoms. The third-order valence-corrected chi connectivity index (χ3v) is 5.13. The molecule has 7 nitrogen and oxygen atoms in total. The van der Waals surface area contributed by atoms with Crippen LogP contribution >= 0.6 is 0 Å². The fourth-order valence-electron chi connectivity index (χ4n) is 3.84. The van der Waals surface area contributed by atoms with Crippen molar-refractivity contribution in [3.63, 3.8) is 0 Å². The minimum Gasteiger partial charge on any atom is -0.345 e. The lowest BCUT2D eigenvalue weighted by Gasteiger charge is -2.35. The van der Waals surface area contributed by atoms with Gasteiger partial charge < -0.3 is 9.83 Å². The molecule has 0 saturated heterocycles. The molecule has 1 aliphatic carbocycles. The standard InChI is InChI=1S/C18H17N7/c1-20-14-3-2-5-18(9-14,6-7-19)25-12-13(10-23-25)16-11-22-24-17-15(16)4-8-21-17/h4,8,10-12,14H,2-3,5-6,9H2,(H,21,24). The minimum absolute atomic E-state index is 0.0336. The summed E-state index contributed by atoms with van der Waals surface area (Å²) in [7, 11) is 0. The van der Waals surface area contributed by atoms with E-state index in [0.29, 0.717) is 12.8 Å². The van der Waals surface area contributed by atoms with Crippen molar-refractivity contribution in [3.8, 4) is 17.2 Å². The molecule has 1 N–H and O–H groups in total. The monoisotopic (exact) mass is 331 g/mol. The van der Waals surface area contributed by atoms with Crippen LogP contribution in [0.25, 0.3) is 27.0 Å². The molecule has 1 saturated carbocycles. The molecule has 0 aromatic carbocycles. The van der Waals surface area contributed by atoms with Crippen molar-refractivity contribution in [3.05, 3.63) is 42.3 Å². The van der Waals surface area contributed by atoms with Gasteiger partial charge in [0, 0.05) is 41.7 Å². The summed E-state index contributed by atoms with van der Waals surface area (Å²) in [5.41, 5.74) is 2.25. The highest BCUT2D eigenvalue weighted by Crippen LogP contribution is 2.39. The smallest absolute Gasteiger partial charge is 0.226 e. The highest BCUT2D eigenvalue weighted by molar-refractivity contribution is 5.91. The van der Waals surface area contributed by atoms with E-state index in [1.54, 1.807) is 6.20 Å². The third-order valence-electron chi connectivity index (χ3n) is 5.13. The Labute approximate surface area is 145 Å². The molecule has 1 aliphatic rings. The molecule has 0 spiro atoms. The lowest BCUT2D eigenvalue weighted by atomic mass is 9.77. The van der Waals surface area contributed by atoms with Crippen LogP contribution in [0.5, 0.6) is 0 Å². The van der Waals surface area contributed by atoms with Crippen LogP contribution in [0.4, 0.5) is 0 Å². The number of H-pyrrole nitrogens is 1. The van der Waals surface area contributed by atoms with Gasteiger partial charge in [-0.15, -0.1) is 5.10 Å². The maximum absolute atomic E-state index is 9.35. The van der Waals surface area contributed by atoms with Crippen LogP contribution in [0.1, 0.15) is 32.1 Å². The van der Waals surface area contributed by atoms with E-state index in [0.717, 1.165) is 41.4 Å². The molecule has 2 atom stereocenters. The fourth-order valence-corrected chi connectivity index (χ4v) is 3.84. The Morgan fingerprint density at radius 3 is 3.24 bits per heavy atom. The number of hydrogen-bond donors (Lipinski definition) is 1. The second-order valence-electron chi connectivity index (χ2n) is 6.61. The van der Waals surface area contributed by atoms with Crippen LogP contribution in [0.15, 0.2) is 30.9 Å². The molecule has 124 valence electrons. The summed E-state index contributed by atoms with van der Waals surface area (Å²) >= 11 is 0. The number of hydrogen-bond acceptors (Lipinski definition) is 4. The quantitative estimate of drug-likeness (QED) is 0.746. The van der Waals surface area contributed by atoms with Gasteiger partial charge in [0.25, 0.3) is 0 Å². The maximum atomic E-state index is 9.35. The third kappa shape index (κ3) is 2.54. The van der Waals surface area contributed by atoms with Gasteiger partial charge in [-0.25, -0.2) is 6.57 Å². The number of aromatic amines is 1. The summed E-state index contributed by atoms with van der Waals surface area (Å²) in [6.07, 6.45) is 11.1. The van der Waals surface area contributed by atoms with E-state index < -0.39 is 5.54 Å². The molecule has 2 unspecified atom stereocenters. The average molecular weight is 331 g/mol. The van der Waals surface area contributed by atoms with E-state index in [2.05, 4.69) is 31.2 Å². The second-order valence-corrected chi connectivity index (χ2v) is 6.61. The number of nitrogens with one attached hydrogen (secondary N) is 1. The Kier molecular flexibility index (Phi) is 3.70. The molecule has 0 amide bonds. The summed E-state index contributed by atoms with van der Waals surface area (Å²) in [6.45, 7) is 7.37. The molecule has 3 heterocycles. The normalized spacial score (nSPS) is 23.2. The Morgan fingerprint density at radius 2 is 2.40 bits per heavy atom. The van der Waals surface area contributed by atoms with Crippen molar-refractivity contribution in [2.75, 3.05) is 0 Å². The average Bonchev–Trinajstić information content (AvgIpc) is 3.31. The molecule has 0 aliphatic heterocycles. The van der Waals surface area contributed by atoms with Crippen molar-refractivity contribution in [2.45, 2.75) is 43.7 Å². The summed E-state index contributed by atoms with van der Waals surface area (Å²) in [5.74, 6) is 0. The lowest BCUT2D eigenvalue weighted by molar-refractivity contribution is 0.173. The van der Waals surface area contributed by atoms with Crippen molar-refractivity contribution in [2.24, 2.45) is 0 Å². The van der Waals surface area contributed by atoms with Gasteiger partial charge in [-0.3, -0.25) is 4.68 Å². The van der Waals surface area contributed by atoms with Gasteiger partial charge in [-0.1, -0.05) is 0 Å². The molecular formula is C18H17N7. The van der Waals surface area contributed by atoms with E-state index >= 15 is 0 Å². The van der Waals surface area contributed by atoms with E-state index in [9.17, 15) is 5.26 Å². The SMILES string of the molecule is [C-]#[N+]C1CCCC(CC#N)(n2cc(-c3cnnc4[nH]ccc34)cn2)C1.